The molecule has 3 atom stereocenters. The Bertz CT molecular complexity index is 1110. The summed E-state index contributed by atoms with van der Waals surface area (Å²) in [5, 5.41) is 8.98. The summed E-state index contributed by atoms with van der Waals surface area (Å²) in [6.45, 7) is 0. The molecule has 0 saturated carbocycles. The van der Waals surface area contributed by atoms with Gasteiger partial charge in [-0.05, 0) is 36.8 Å². The first-order valence-corrected chi connectivity index (χ1v) is 10.8. The van der Waals surface area contributed by atoms with Crippen LogP contribution in [0, 0.1) is 5.92 Å². The maximum atomic E-state index is 13.6. The number of fused-ring (bicyclic) bond motifs is 2. The van der Waals surface area contributed by atoms with Crippen LogP contribution in [0.3, 0.4) is 0 Å². The number of carbonyl (C=O) groups excluding carboxylic acids is 3. The molecule has 0 bridgehead atoms. The standard InChI is InChI=1S/C22H23BrN4O5/c1-31-13-4-6-18(32-2)17(10-13)25-20(29)15-8-12(9-19(24)28)27-22(15)14-7-11(23)3-5-16(14)26-21(22)30/h3-7,10,12,15,27H,8-9H2,1-2H3,(H2,24,28)(H,25,29)(H,26,30)/t12-,15+,22-/m1/s1. The van der Waals surface area contributed by atoms with Gasteiger partial charge >= 0.3 is 0 Å². The third kappa shape index (κ3) is 3.69. The SMILES string of the molecule is COc1ccc(OC)c(NC(=O)[C@@H]2C[C@H](CC(N)=O)N[C@@]23C(=O)Nc2ccc(Br)cc23)c1. The lowest BCUT2D eigenvalue weighted by atomic mass is 9.79. The van der Waals surface area contributed by atoms with Crippen molar-refractivity contribution in [3.05, 3.63) is 46.4 Å². The summed E-state index contributed by atoms with van der Waals surface area (Å²) in [6, 6.07) is 9.99. The smallest absolute Gasteiger partial charge is 0.250 e. The second-order valence-corrected chi connectivity index (χ2v) is 8.72. The van der Waals surface area contributed by atoms with Gasteiger partial charge in [-0.2, -0.15) is 0 Å². The van der Waals surface area contributed by atoms with Gasteiger partial charge in [0.1, 0.15) is 17.0 Å². The van der Waals surface area contributed by atoms with E-state index in [1.54, 1.807) is 30.3 Å². The van der Waals surface area contributed by atoms with Crippen LogP contribution in [0.25, 0.3) is 0 Å². The van der Waals surface area contributed by atoms with E-state index in [-0.39, 0.29) is 24.7 Å². The summed E-state index contributed by atoms with van der Waals surface area (Å²) < 4.78 is 11.4. The number of amides is 3. The molecular weight excluding hydrogens is 480 g/mol. The molecule has 0 aromatic heterocycles. The van der Waals surface area contributed by atoms with Gasteiger partial charge in [-0.15, -0.1) is 0 Å². The van der Waals surface area contributed by atoms with E-state index >= 15 is 0 Å². The Labute approximate surface area is 193 Å². The molecule has 1 spiro atoms. The average Bonchev–Trinajstić information content (AvgIpc) is 3.26. The molecule has 32 heavy (non-hydrogen) atoms. The normalized spacial score (nSPS) is 23.5. The van der Waals surface area contributed by atoms with Gasteiger partial charge < -0.3 is 25.8 Å². The number of hydrogen-bond acceptors (Lipinski definition) is 6. The average molecular weight is 503 g/mol. The molecule has 0 unspecified atom stereocenters. The minimum atomic E-state index is -1.34. The molecule has 2 aromatic rings. The van der Waals surface area contributed by atoms with Crippen molar-refractivity contribution in [1.29, 1.82) is 0 Å². The molecule has 10 heteroatoms. The molecule has 168 valence electrons. The Morgan fingerprint density at radius 2 is 2.00 bits per heavy atom. The molecule has 1 fully saturated rings. The molecule has 9 nitrogen and oxygen atoms in total. The summed E-state index contributed by atoms with van der Waals surface area (Å²) in [5.41, 5.74) is 5.74. The second-order valence-electron chi connectivity index (χ2n) is 7.81. The Balaban J connectivity index is 1.75. The van der Waals surface area contributed by atoms with Gasteiger partial charge in [0.05, 0.1) is 25.8 Å². The van der Waals surface area contributed by atoms with Crippen molar-refractivity contribution in [2.45, 2.75) is 24.4 Å². The van der Waals surface area contributed by atoms with E-state index in [4.69, 9.17) is 15.2 Å². The highest BCUT2D eigenvalue weighted by molar-refractivity contribution is 9.10. The van der Waals surface area contributed by atoms with E-state index in [9.17, 15) is 14.4 Å². The van der Waals surface area contributed by atoms with Crippen molar-refractivity contribution >= 4 is 45.0 Å². The zero-order chi connectivity index (χ0) is 23.0. The second kappa shape index (κ2) is 8.44. The number of carbonyl (C=O) groups is 3. The number of ether oxygens (including phenoxy) is 2. The highest BCUT2D eigenvalue weighted by Crippen LogP contribution is 2.48. The quantitative estimate of drug-likeness (QED) is 0.478. The first-order valence-electron chi connectivity index (χ1n) is 9.99. The number of rotatable bonds is 6. The summed E-state index contributed by atoms with van der Waals surface area (Å²) in [6.07, 6.45) is 0.255. The van der Waals surface area contributed by atoms with Crippen molar-refractivity contribution in [3.63, 3.8) is 0 Å². The predicted octanol–water partition coefficient (Wildman–Crippen LogP) is 2.11. The van der Waals surface area contributed by atoms with E-state index in [1.165, 1.54) is 14.2 Å². The minimum absolute atomic E-state index is 0.00459. The molecule has 2 aromatic carbocycles. The lowest BCUT2D eigenvalue weighted by Crippen LogP contribution is -2.52. The van der Waals surface area contributed by atoms with E-state index in [2.05, 4.69) is 31.9 Å². The third-order valence-corrected chi connectivity index (χ3v) is 6.41. The van der Waals surface area contributed by atoms with Crippen LogP contribution in [-0.4, -0.2) is 38.0 Å². The summed E-state index contributed by atoms with van der Waals surface area (Å²) in [4.78, 5) is 38.4. The number of benzene rings is 2. The van der Waals surface area contributed by atoms with Gasteiger partial charge in [-0.3, -0.25) is 19.7 Å². The fourth-order valence-corrected chi connectivity index (χ4v) is 4.90. The molecule has 4 rings (SSSR count). The molecular formula is C22H23BrN4O5. The number of nitrogens with two attached hydrogens (primary N) is 1. The maximum Gasteiger partial charge on any atom is 0.250 e. The van der Waals surface area contributed by atoms with Crippen LogP contribution in [-0.2, 0) is 19.9 Å². The molecule has 2 aliphatic rings. The highest BCUT2D eigenvalue weighted by Gasteiger charge is 2.60. The van der Waals surface area contributed by atoms with Crippen LogP contribution < -0.4 is 31.2 Å². The largest absolute Gasteiger partial charge is 0.497 e. The fraction of sp³-hybridized carbons (Fsp3) is 0.318. The molecule has 2 aliphatic heterocycles. The Hall–Kier alpha value is -3.11. The van der Waals surface area contributed by atoms with Gasteiger partial charge in [0.2, 0.25) is 17.7 Å². The van der Waals surface area contributed by atoms with Crippen molar-refractivity contribution in [2.75, 3.05) is 24.9 Å². The zero-order valence-corrected chi connectivity index (χ0v) is 19.1. The van der Waals surface area contributed by atoms with E-state index in [0.717, 1.165) is 4.47 Å². The van der Waals surface area contributed by atoms with Gasteiger partial charge in [0.15, 0.2) is 0 Å². The van der Waals surface area contributed by atoms with E-state index in [0.29, 0.717) is 28.4 Å². The van der Waals surface area contributed by atoms with Crippen LogP contribution >= 0.6 is 15.9 Å². The van der Waals surface area contributed by atoms with Crippen LogP contribution in [0.1, 0.15) is 18.4 Å². The monoisotopic (exact) mass is 502 g/mol. The molecule has 2 heterocycles. The number of methoxy groups -OCH3 is 2. The van der Waals surface area contributed by atoms with Gasteiger partial charge in [-0.25, -0.2) is 0 Å². The summed E-state index contributed by atoms with van der Waals surface area (Å²) >= 11 is 3.44. The lowest BCUT2D eigenvalue weighted by molar-refractivity contribution is -0.130. The maximum absolute atomic E-state index is 13.6. The number of hydrogen-bond donors (Lipinski definition) is 4. The van der Waals surface area contributed by atoms with Crippen LogP contribution in [0.15, 0.2) is 40.9 Å². The molecule has 3 amide bonds. The fourth-order valence-electron chi connectivity index (χ4n) is 4.54. The van der Waals surface area contributed by atoms with Gasteiger partial charge in [0.25, 0.3) is 0 Å². The van der Waals surface area contributed by atoms with Crippen molar-refractivity contribution in [1.82, 2.24) is 5.32 Å². The minimum Gasteiger partial charge on any atom is -0.497 e. The Morgan fingerprint density at radius 1 is 1.22 bits per heavy atom. The summed E-state index contributed by atoms with van der Waals surface area (Å²) in [7, 11) is 3.02. The molecule has 0 radical (unpaired) electrons. The van der Waals surface area contributed by atoms with Crippen LogP contribution in [0.2, 0.25) is 0 Å². The number of halogens is 1. The van der Waals surface area contributed by atoms with Crippen molar-refractivity contribution in [3.8, 4) is 11.5 Å². The molecule has 5 N–H and O–H groups in total. The van der Waals surface area contributed by atoms with E-state index in [1.807, 2.05) is 6.07 Å². The van der Waals surface area contributed by atoms with Crippen LogP contribution in [0.4, 0.5) is 11.4 Å². The van der Waals surface area contributed by atoms with Gasteiger partial charge in [0, 0.05) is 34.3 Å². The highest BCUT2D eigenvalue weighted by atomic mass is 79.9. The Morgan fingerprint density at radius 3 is 2.69 bits per heavy atom. The first kappa shape index (κ1) is 22.1. The zero-order valence-electron chi connectivity index (χ0n) is 17.5. The van der Waals surface area contributed by atoms with Crippen molar-refractivity contribution < 1.29 is 23.9 Å². The van der Waals surface area contributed by atoms with Gasteiger partial charge in [-0.1, -0.05) is 15.9 Å². The number of primary amides is 1. The molecule has 0 aliphatic carbocycles. The predicted molar refractivity (Wildman–Crippen MR) is 121 cm³/mol. The third-order valence-electron chi connectivity index (χ3n) is 5.92. The van der Waals surface area contributed by atoms with E-state index < -0.39 is 23.4 Å². The molecule has 1 saturated heterocycles. The summed E-state index contributed by atoms with van der Waals surface area (Å²) in [5.74, 6) is -1.07. The number of nitrogens with one attached hydrogen (secondary N) is 3. The Kier molecular flexibility index (Phi) is 5.83. The first-order chi connectivity index (χ1) is 15.3. The topological polar surface area (TPSA) is 132 Å². The lowest BCUT2D eigenvalue weighted by Gasteiger charge is -2.29. The number of anilines is 2. The van der Waals surface area contributed by atoms with Crippen LogP contribution in [0.5, 0.6) is 11.5 Å². The van der Waals surface area contributed by atoms with Crippen molar-refractivity contribution in [2.24, 2.45) is 11.7 Å².